The maximum absolute atomic E-state index is 13.0. The molecule has 0 saturated carbocycles. The van der Waals surface area contributed by atoms with Crippen molar-refractivity contribution in [2.45, 2.75) is 77.3 Å². The second-order valence-electron chi connectivity index (χ2n) is 7.99. The van der Waals surface area contributed by atoms with Crippen molar-refractivity contribution in [2.24, 2.45) is 0 Å². The number of nitrogens with zero attached hydrogens (tertiary/aromatic N) is 1. The fourth-order valence-corrected chi connectivity index (χ4v) is 4.24. The smallest absolute Gasteiger partial charge is 0.227 e. The molecule has 0 saturated heterocycles. The summed E-state index contributed by atoms with van der Waals surface area (Å²) in [5, 5.41) is 3.66. The number of carbonyl (C=O) groups excluding carboxylic acids is 1. The van der Waals surface area contributed by atoms with Gasteiger partial charge in [-0.25, -0.2) is 0 Å². The molecule has 28 heavy (non-hydrogen) atoms. The van der Waals surface area contributed by atoms with Gasteiger partial charge in [-0.15, -0.1) is 0 Å². The van der Waals surface area contributed by atoms with E-state index in [0.717, 1.165) is 30.6 Å². The molecule has 1 aliphatic heterocycles. The van der Waals surface area contributed by atoms with Crippen molar-refractivity contribution >= 4 is 17.3 Å². The average Bonchev–Trinajstić information content (AvgIpc) is 2.71. The van der Waals surface area contributed by atoms with Crippen molar-refractivity contribution in [2.75, 3.05) is 10.2 Å². The fraction of sp³-hybridized carbons (Fsp3) is 0.480. The Hall–Kier alpha value is -2.29. The number of rotatable bonds is 9. The van der Waals surface area contributed by atoms with Crippen molar-refractivity contribution in [3.05, 3.63) is 60.2 Å². The topological polar surface area (TPSA) is 32.3 Å². The molecule has 0 spiro atoms. The molecule has 0 unspecified atom stereocenters. The quantitative estimate of drug-likeness (QED) is 0.491. The highest BCUT2D eigenvalue weighted by Gasteiger charge is 2.33. The minimum atomic E-state index is 0.198. The lowest BCUT2D eigenvalue weighted by Crippen LogP contribution is -2.44. The van der Waals surface area contributed by atoms with Gasteiger partial charge in [-0.3, -0.25) is 4.79 Å². The Morgan fingerprint density at radius 3 is 2.43 bits per heavy atom. The Bertz CT molecular complexity index is 743. The lowest BCUT2D eigenvalue weighted by atomic mass is 9.91. The van der Waals surface area contributed by atoms with Crippen LogP contribution in [0.15, 0.2) is 54.6 Å². The van der Waals surface area contributed by atoms with Crippen LogP contribution < -0.4 is 10.2 Å². The SMILES string of the molecule is CCCCCCCCC(=O)N1c2ccccc2[C@H](Nc2ccccc2)C[C@H]1C. The molecule has 1 heterocycles. The number of anilines is 2. The van der Waals surface area contributed by atoms with Crippen molar-refractivity contribution in [1.82, 2.24) is 0 Å². The van der Waals surface area contributed by atoms with Gasteiger partial charge in [0.05, 0.1) is 6.04 Å². The van der Waals surface area contributed by atoms with E-state index in [1.807, 2.05) is 17.0 Å². The van der Waals surface area contributed by atoms with Gasteiger partial charge in [0, 0.05) is 23.8 Å². The van der Waals surface area contributed by atoms with Crippen LogP contribution in [0.5, 0.6) is 0 Å². The largest absolute Gasteiger partial charge is 0.378 e. The third-order valence-electron chi connectivity index (χ3n) is 5.72. The van der Waals surface area contributed by atoms with Crippen molar-refractivity contribution in [1.29, 1.82) is 0 Å². The molecule has 0 aromatic heterocycles. The highest BCUT2D eigenvalue weighted by Crippen LogP contribution is 2.39. The molecular weight excluding hydrogens is 344 g/mol. The number of carbonyl (C=O) groups is 1. The Kier molecular flexibility index (Phi) is 7.53. The lowest BCUT2D eigenvalue weighted by Gasteiger charge is -2.40. The van der Waals surface area contributed by atoms with Crippen LogP contribution in [-0.2, 0) is 4.79 Å². The molecule has 3 nitrogen and oxygen atoms in total. The molecule has 1 amide bonds. The highest BCUT2D eigenvalue weighted by atomic mass is 16.2. The molecule has 3 rings (SSSR count). The summed E-state index contributed by atoms with van der Waals surface area (Å²) in [6.45, 7) is 4.41. The highest BCUT2D eigenvalue weighted by molar-refractivity contribution is 5.95. The summed E-state index contributed by atoms with van der Waals surface area (Å²) in [5.41, 5.74) is 3.42. The molecule has 2 aromatic carbocycles. The zero-order valence-corrected chi connectivity index (χ0v) is 17.4. The van der Waals surface area contributed by atoms with Crippen LogP contribution in [0.3, 0.4) is 0 Å². The molecule has 0 bridgehead atoms. The number of nitrogens with one attached hydrogen (secondary N) is 1. The summed E-state index contributed by atoms with van der Waals surface area (Å²) in [5.74, 6) is 0.272. The Morgan fingerprint density at radius 2 is 1.64 bits per heavy atom. The summed E-state index contributed by atoms with van der Waals surface area (Å²) in [7, 11) is 0. The predicted octanol–water partition coefficient (Wildman–Crippen LogP) is 6.72. The van der Waals surface area contributed by atoms with E-state index < -0.39 is 0 Å². The summed E-state index contributed by atoms with van der Waals surface area (Å²) < 4.78 is 0. The summed E-state index contributed by atoms with van der Waals surface area (Å²) >= 11 is 0. The minimum Gasteiger partial charge on any atom is -0.378 e. The van der Waals surface area contributed by atoms with Gasteiger partial charge < -0.3 is 10.2 Å². The van der Waals surface area contributed by atoms with Crippen molar-refractivity contribution < 1.29 is 4.79 Å². The van der Waals surface area contributed by atoms with E-state index in [4.69, 9.17) is 0 Å². The van der Waals surface area contributed by atoms with Gasteiger partial charge in [-0.2, -0.15) is 0 Å². The third-order valence-corrected chi connectivity index (χ3v) is 5.72. The number of hydrogen-bond acceptors (Lipinski definition) is 2. The number of para-hydroxylation sites is 2. The monoisotopic (exact) mass is 378 g/mol. The molecule has 1 N–H and O–H groups in total. The summed E-state index contributed by atoms with van der Waals surface area (Å²) in [4.78, 5) is 15.1. The summed E-state index contributed by atoms with van der Waals surface area (Å²) in [6.07, 6.45) is 8.85. The minimum absolute atomic E-state index is 0.198. The van der Waals surface area contributed by atoms with E-state index in [1.54, 1.807) is 0 Å². The first-order chi connectivity index (χ1) is 13.7. The third kappa shape index (κ3) is 5.15. The van der Waals surface area contributed by atoms with Gasteiger partial charge in [-0.1, -0.05) is 75.4 Å². The predicted molar refractivity (Wildman–Crippen MR) is 119 cm³/mol. The summed E-state index contributed by atoms with van der Waals surface area (Å²) in [6, 6.07) is 19.1. The Labute approximate surface area is 170 Å². The maximum atomic E-state index is 13.0. The van der Waals surface area contributed by atoms with Crippen LogP contribution in [0.1, 0.15) is 76.8 Å². The van der Waals surface area contributed by atoms with Crippen LogP contribution in [0, 0.1) is 0 Å². The number of amides is 1. The number of unbranched alkanes of at least 4 members (excludes halogenated alkanes) is 5. The molecule has 0 radical (unpaired) electrons. The second-order valence-corrected chi connectivity index (χ2v) is 7.99. The van der Waals surface area contributed by atoms with E-state index >= 15 is 0 Å². The van der Waals surface area contributed by atoms with Crippen LogP contribution in [0.2, 0.25) is 0 Å². The normalized spacial score (nSPS) is 18.6. The maximum Gasteiger partial charge on any atom is 0.227 e. The molecule has 150 valence electrons. The van der Waals surface area contributed by atoms with Crippen LogP contribution >= 0.6 is 0 Å². The van der Waals surface area contributed by atoms with Gasteiger partial charge in [0.15, 0.2) is 0 Å². The van der Waals surface area contributed by atoms with E-state index in [-0.39, 0.29) is 18.0 Å². The first kappa shape index (κ1) is 20.4. The number of benzene rings is 2. The molecule has 0 aliphatic carbocycles. The van der Waals surface area contributed by atoms with Gasteiger partial charge in [0.1, 0.15) is 0 Å². The first-order valence-electron chi connectivity index (χ1n) is 10.9. The van der Waals surface area contributed by atoms with E-state index in [1.165, 1.54) is 31.2 Å². The van der Waals surface area contributed by atoms with Gasteiger partial charge in [0.25, 0.3) is 0 Å². The zero-order valence-electron chi connectivity index (χ0n) is 17.4. The Morgan fingerprint density at radius 1 is 0.964 bits per heavy atom. The number of fused-ring (bicyclic) bond motifs is 1. The standard InChI is InChI=1S/C25H34N2O/c1-3-4-5-6-7-11-18-25(28)27-20(2)19-23(22-16-12-13-17-24(22)27)26-21-14-9-8-10-15-21/h8-10,12-17,20,23,26H,3-7,11,18-19H2,1-2H3/t20-,23-/m1/s1. The lowest BCUT2D eigenvalue weighted by molar-refractivity contribution is -0.119. The first-order valence-corrected chi connectivity index (χ1v) is 10.9. The molecule has 2 atom stereocenters. The van der Waals surface area contributed by atoms with Gasteiger partial charge in [-0.05, 0) is 43.5 Å². The Balaban J connectivity index is 1.67. The molecular formula is C25H34N2O. The molecule has 3 heteroatoms. The second kappa shape index (κ2) is 10.3. The van der Waals surface area contributed by atoms with Crippen molar-refractivity contribution in [3.8, 4) is 0 Å². The number of hydrogen-bond donors (Lipinski definition) is 1. The van der Waals surface area contributed by atoms with Crippen LogP contribution in [-0.4, -0.2) is 11.9 Å². The fourth-order valence-electron chi connectivity index (χ4n) is 4.24. The van der Waals surface area contributed by atoms with Gasteiger partial charge in [0.2, 0.25) is 5.91 Å². The van der Waals surface area contributed by atoms with Crippen molar-refractivity contribution in [3.63, 3.8) is 0 Å². The van der Waals surface area contributed by atoms with E-state index in [9.17, 15) is 4.79 Å². The average molecular weight is 379 g/mol. The van der Waals surface area contributed by atoms with Gasteiger partial charge >= 0.3 is 0 Å². The van der Waals surface area contributed by atoms with Crippen LogP contribution in [0.4, 0.5) is 11.4 Å². The molecule has 2 aromatic rings. The van der Waals surface area contributed by atoms with Crippen LogP contribution in [0.25, 0.3) is 0 Å². The molecule has 0 fully saturated rings. The molecule has 1 aliphatic rings. The van der Waals surface area contributed by atoms with E-state index in [2.05, 4.69) is 61.6 Å². The zero-order chi connectivity index (χ0) is 19.8. The van der Waals surface area contributed by atoms with E-state index in [0.29, 0.717) is 6.42 Å².